The van der Waals surface area contributed by atoms with Crippen LogP contribution in [-0.4, -0.2) is 0 Å². The van der Waals surface area contributed by atoms with Crippen LogP contribution in [0.25, 0.3) is 22.3 Å². The maximum atomic E-state index is 14.1. The molecule has 0 saturated carbocycles. The average molecular weight is 685 g/mol. The number of benzene rings is 7. The van der Waals surface area contributed by atoms with Gasteiger partial charge in [0.05, 0.1) is 0 Å². The third-order valence-corrected chi connectivity index (χ3v) is 7.98. The number of hydrogen-bond donors (Lipinski definition) is 0. The van der Waals surface area contributed by atoms with Crippen molar-refractivity contribution < 1.29 is 27.7 Å². The molecule has 0 aliphatic rings. The highest BCUT2D eigenvalue weighted by molar-refractivity contribution is 5.78. The Hall–Kier alpha value is -7.42. The van der Waals surface area contributed by atoms with Gasteiger partial charge >= 0.3 is 0 Å². The van der Waals surface area contributed by atoms with E-state index in [9.17, 15) is 19.3 Å². The number of para-hydroxylation sites is 2. The molecule has 7 aromatic carbocycles. The lowest BCUT2D eigenvalue weighted by molar-refractivity contribution is 0.365. The van der Waals surface area contributed by atoms with Crippen molar-refractivity contribution >= 4 is 0 Å². The minimum atomic E-state index is -0.498. The van der Waals surface area contributed by atoms with Crippen LogP contribution in [0.2, 0.25) is 0 Å². The van der Waals surface area contributed by atoms with Crippen LogP contribution in [0, 0.1) is 34.3 Å². The Morgan fingerprint density at radius 1 is 0.365 bits per heavy atom. The van der Waals surface area contributed by atoms with Crippen LogP contribution in [0.4, 0.5) is 8.78 Å². The molecule has 0 saturated heterocycles. The second kappa shape index (κ2) is 15.0. The fraction of sp³-hybridized carbons (Fsp3) is 0. The quantitative estimate of drug-likeness (QED) is 0.143. The number of hydrogen-bond acceptors (Lipinski definition) is 6. The molecule has 0 aliphatic heterocycles. The van der Waals surface area contributed by atoms with E-state index in [1.165, 1.54) is 48.5 Å². The molecule has 7 rings (SSSR count). The molecule has 0 spiro atoms. The van der Waals surface area contributed by atoms with Crippen molar-refractivity contribution in [2.75, 3.05) is 0 Å². The zero-order valence-electron chi connectivity index (χ0n) is 27.3. The van der Waals surface area contributed by atoms with Gasteiger partial charge in [0.15, 0.2) is 11.5 Å². The van der Waals surface area contributed by atoms with Crippen molar-refractivity contribution in [1.82, 2.24) is 0 Å². The molecule has 250 valence electrons. The van der Waals surface area contributed by atoms with Crippen LogP contribution in [-0.2, 0) is 0 Å². The molecule has 0 bridgehead atoms. The van der Waals surface area contributed by atoms with Crippen molar-refractivity contribution in [1.29, 1.82) is 10.5 Å². The fourth-order valence-electron chi connectivity index (χ4n) is 5.54. The van der Waals surface area contributed by atoms with E-state index in [2.05, 4.69) is 12.1 Å². The molecule has 0 aromatic heterocycles. The summed E-state index contributed by atoms with van der Waals surface area (Å²) in [6.07, 6.45) is 0. The molecular weight excluding hydrogens is 658 g/mol. The highest BCUT2D eigenvalue weighted by Gasteiger charge is 2.32. The van der Waals surface area contributed by atoms with E-state index < -0.39 is 11.6 Å². The maximum Gasteiger partial charge on any atom is 0.217 e. The fourth-order valence-corrected chi connectivity index (χ4v) is 5.54. The lowest BCUT2D eigenvalue weighted by Crippen LogP contribution is -2.04. The van der Waals surface area contributed by atoms with Crippen molar-refractivity contribution in [3.05, 3.63) is 180 Å². The predicted octanol–water partition coefficient (Wildman–Crippen LogP) is 12.2. The van der Waals surface area contributed by atoms with E-state index in [1.54, 1.807) is 24.3 Å². The van der Waals surface area contributed by atoms with Crippen molar-refractivity contribution in [3.63, 3.8) is 0 Å². The first-order valence-electron chi connectivity index (χ1n) is 16.1. The molecule has 0 aliphatic carbocycles. The van der Waals surface area contributed by atoms with Gasteiger partial charge in [-0.05, 0) is 71.8 Å². The van der Waals surface area contributed by atoms with Crippen LogP contribution >= 0.6 is 0 Å². The molecule has 0 radical (unpaired) electrons. The van der Waals surface area contributed by atoms with Gasteiger partial charge in [0, 0.05) is 11.1 Å². The first-order valence-corrected chi connectivity index (χ1v) is 16.1. The van der Waals surface area contributed by atoms with E-state index in [0.29, 0.717) is 22.6 Å². The number of nitriles is 2. The minimum Gasteiger partial charge on any atom is -0.451 e. The van der Waals surface area contributed by atoms with Crippen LogP contribution in [0.15, 0.2) is 158 Å². The van der Waals surface area contributed by atoms with Gasteiger partial charge in [-0.25, -0.2) is 8.78 Å². The first kappa shape index (κ1) is 33.1. The first-order chi connectivity index (χ1) is 25.5. The number of halogens is 2. The van der Waals surface area contributed by atoms with Crippen LogP contribution in [0.3, 0.4) is 0 Å². The predicted molar refractivity (Wildman–Crippen MR) is 193 cm³/mol. The molecule has 8 heteroatoms. The second-order valence-corrected chi connectivity index (χ2v) is 11.3. The van der Waals surface area contributed by atoms with E-state index in [4.69, 9.17) is 18.9 Å². The van der Waals surface area contributed by atoms with E-state index in [0.717, 1.165) is 11.1 Å². The largest absolute Gasteiger partial charge is 0.451 e. The van der Waals surface area contributed by atoms with Crippen molar-refractivity contribution in [2.45, 2.75) is 0 Å². The van der Waals surface area contributed by atoms with Gasteiger partial charge in [0.2, 0.25) is 11.5 Å². The standard InChI is InChI=1S/C44H26F2N2O4/c45-31-19-23-33(24-20-31)49-43-41(51-39-17-9-7-15-35(39)29-11-3-1-4-12-29)37(27-47)38(28-48)42(44(43)50-34-25-21-32(46)22-26-34)52-40-18-10-8-16-36(40)30-13-5-2-6-14-30/h1-26H. The summed E-state index contributed by atoms with van der Waals surface area (Å²) in [5.41, 5.74) is 2.63. The highest BCUT2D eigenvalue weighted by atomic mass is 19.1. The summed E-state index contributed by atoms with van der Waals surface area (Å²) < 4.78 is 54.1. The Kier molecular flexibility index (Phi) is 9.55. The molecule has 0 unspecified atom stereocenters. The van der Waals surface area contributed by atoms with E-state index >= 15 is 0 Å². The second-order valence-electron chi connectivity index (χ2n) is 11.3. The summed E-state index contributed by atoms with van der Waals surface area (Å²) in [5, 5.41) is 21.5. The Labute approximate surface area is 298 Å². The van der Waals surface area contributed by atoms with Gasteiger partial charge in [-0.15, -0.1) is 0 Å². The molecule has 0 N–H and O–H groups in total. The summed E-state index contributed by atoms with van der Waals surface area (Å²) >= 11 is 0. The number of nitrogens with zero attached hydrogens (tertiary/aromatic N) is 2. The van der Waals surface area contributed by atoms with Crippen LogP contribution in [0.1, 0.15) is 11.1 Å². The van der Waals surface area contributed by atoms with Crippen LogP contribution < -0.4 is 18.9 Å². The Morgan fingerprint density at radius 2 is 0.712 bits per heavy atom. The molecule has 7 aromatic rings. The topological polar surface area (TPSA) is 84.5 Å². The van der Waals surface area contributed by atoms with Gasteiger partial charge in [-0.1, -0.05) is 97.1 Å². The molecule has 0 heterocycles. The molecule has 0 fully saturated rings. The maximum absolute atomic E-state index is 14.1. The van der Waals surface area contributed by atoms with Gasteiger partial charge in [0.25, 0.3) is 0 Å². The zero-order valence-corrected chi connectivity index (χ0v) is 27.3. The third kappa shape index (κ3) is 7.00. The molecular formula is C44H26F2N2O4. The molecule has 0 atom stereocenters. The van der Waals surface area contributed by atoms with Crippen molar-refractivity contribution in [2.24, 2.45) is 0 Å². The summed E-state index contributed by atoms with van der Waals surface area (Å²) in [6, 6.07) is 48.1. The van der Waals surface area contributed by atoms with Crippen molar-refractivity contribution in [3.8, 4) is 80.4 Å². The monoisotopic (exact) mass is 684 g/mol. The van der Waals surface area contributed by atoms with Gasteiger partial charge in [-0.3, -0.25) is 0 Å². The smallest absolute Gasteiger partial charge is 0.217 e. The Balaban J connectivity index is 1.51. The zero-order chi connectivity index (χ0) is 35.9. The summed E-state index contributed by atoms with van der Waals surface area (Å²) in [6.45, 7) is 0. The highest BCUT2D eigenvalue weighted by Crippen LogP contribution is 2.55. The SMILES string of the molecule is N#Cc1c(C#N)c(Oc2ccccc2-c2ccccc2)c(Oc2ccc(F)cc2)c(Oc2ccc(F)cc2)c1Oc1ccccc1-c1ccccc1. The minimum absolute atomic E-state index is 0.151. The van der Waals surface area contributed by atoms with Gasteiger partial charge < -0.3 is 18.9 Å². The molecule has 0 amide bonds. The third-order valence-electron chi connectivity index (χ3n) is 7.98. The lowest BCUT2D eigenvalue weighted by Gasteiger charge is -2.23. The Morgan fingerprint density at radius 3 is 1.08 bits per heavy atom. The summed E-state index contributed by atoms with van der Waals surface area (Å²) in [4.78, 5) is 0. The number of rotatable bonds is 10. The summed E-state index contributed by atoms with van der Waals surface area (Å²) in [7, 11) is 0. The summed E-state index contributed by atoms with van der Waals surface area (Å²) in [5.74, 6) is -0.609. The van der Waals surface area contributed by atoms with E-state index in [1.807, 2.05) is 84.9 Å². The molecule has 52 heavy (non-hydrogen) atoms. The Bertz CT molecular complexity index is 2270. The lowest BCUT2D eigenvalue weighted by atomic mass is 10.0. The normalized spacial score (nSPS) is 10.5. The van der Waals surface area contributed by atoms with Gasteiger partial charge in [-0.2, -0.15) is 10.5 Å². The van der Waals surface area contributed by atoms with Crippen LogP contribution in [0.5, 0.6) is 46.0 Å². The van der Waals surface area contributed by atoms with Gasteiger partial charge in [0.1, 0.15) is 57.9 Å². The van der Waals surface area contributed by atoms with E-state index in [-0.39, 0.29) is 45.6 Å². The molecule has 6 nitrogen and oxygen atoms in total. The number of ether oxygens (including phenoxy) is 4. The average Bonchev–Trinajstić information content (AvgIpc) is 3.19.